The van der Waals surface area contributed by atoms with Gasteiger partial charge in [0.1, 0.15) is 0 Å². The molecule has 1 fully saturated rings. The van der Waals surface area contributed by atoms with Crippen LogP contribution in [0.15, 0.2) is 48.5 Å². The maximum absolute atomic E-state index is 2.61. The quantitative estimate of drug-likeness (QED) is 0.679. The molecule has 108 valence electrons. The summed E-state index contributed by atoms with van der Waals surface area (Å²) in [5, 5.41) is 0. The Morgan fingerprint density at radius 2 is 1.71 bits per heavy atom. The van der Waals surface area contributed by atoms with E-state index in [1.54, 1.807) is 5.56 Å². The lowest BCUT2D eigenvalue weighted by atomic mass is 9.72. The molecule has 0 N–H and O–H groups in total. The number of hydrogen-bond acceptors (Lipinski definition) is 1. The molecule has 2 aromatic rings. The van der Waals surface area contributed by atoms with Gasteiger partial charge in [-0.3, -0.25) is 0 Å². The zero-order valence-corrected chi connectivity index (χ0v) is 13.2. The highest BCUT2D eigenvalue weighted by molar-refractivity contribution is 5.77. The molecule has 2 unspecified atom stereocenters. The molecule has 1 heteroatoms. The fourth-order valence-electron chi connectivity index (χ4n) is 4.67. The van der Waals surface area contributed by atoms with Gasteiger partial charge < -0.3 is 4.90 Å². The summed E-state index contributed by atoms with van der Waals surface area (Å²) in [6.45, 7) is 7.14. The number of nitrogens with zero attached hydrogens (tertiary/aromatic N) is 1. The van der Waals surface area contributed by atoms with Crippen molar-refractivity contribution in [2.75, 3.05) is 4.90 Å². The smallest absolute Gasteiger partial charge is 0.0517 e. The van der Waals surface area contributed by atoms with Crippen LogP contribution in [0, 0.1) is 6.92 Å². The van der Waals surface area contributed by atoms with Gasteiger partial charge in [-0.15, -0.1) is 0 Å². The van der Waals surface area contributed by atoms with E-state index >= 15 is 0 Å². The largest absolute Gasteiger partial charge is 0.334 e. The zero-order valence-electron chi connectivity index (χ0n) is 13.2. The molecule has 0 bridgehead atoms. The van der Waals surface area contributed by atoms with Crippen LogP contribution in [0.1, 0.15) is 44.2 Å². The van der Waals surface area contributed by atoms with Crippen molar-refractivity contribution in [3.05, 3.63) is 59.7 Å². The fourth-order valence-corrected chi connectivity index (χ4v) is 4.67. The van der Waals surface area contributed by atoms with Crippen molar-refractivity contribution in [2.45, 2.75) is 51.0 Å². The highest BCUT2D eigenvalue weighted by Crippen LogP contribution is 2.62. The predicted molar refractivity (Wildman–Crippen MR) is 89.4 cm³/mol. The minimum Gasteiger partial charge on any atom is -0.334 e. The number of aryl methyl sites for hydroxylation is 1. The van der Waals surface area contributed by atoms with Crippen LogP contribution >= 0.6 is 0 Å². The summed E-state index contributed by atoms with van der Waals surface area (Å²) in [4.78, 5) is 2.61. The Bertz CT molecular complexity index is 690. The summed E-state index contributed by atoms with van der Waals surface area (Å²) >= 11 is 0. The Morgan fingerprint density at radius 1 is 0.952 bits per heavy atom. The van der Waals surface area contributed by atoms with Crippen LogP contribution < -0.4 is 4.90 Å². The van der Waals surface area contributed by atoms with Gasteiger partial charge in [0.2, 0.25) is 0 Å². The molecular formula is C20H23N. The van der Waals surface area contributed by atoms with Gasteiger partial charge in [0.25, 0.3) is 0 Å². The normalized spacial score (nSPS) is 30.3. The van der Waals surface area contributed by atoms with Crippen LogP contribution in [0.5, 0.6) is 0 Å². The third-order valence-electron chi connectivity index (χ3n) is 6.02. The lowest BCUT2D eigenvalue weighted by Crippen LogP contribution is -2.48. The molecule has 1 nitrogen and oxygen atoms in total. The Hall–Kier alpha value is -1.76. The number of anilines is 2. The fraction of sp³-hybridized carbons (Fsp3) is 0.400. The minimum absolute atomic E-state index is 0.199. The lowest BCUT2D eigenvalue weighted by Gasteiger charge is -2.42. The standard InChI is InChI=1S/C20H23N/c1-15-10-11-18-17(14-15)19(2)12-7-13-20(19,3)21(18)16-8-5-4-6-9-16/h4-6,8-11,14H,7,12-13H2,1-3H3. The average Bonchev–Trinajstić information content (AvgIpc) is 2.87. The Labute approximate surface area is 127 Å². The highest BCUT2D eigenvalue weighted by atomic mass is 15.3. The van der Waals surface area contributed by atoms with Gasteiger partial charge in [0.15, 0.2) is 0 Å². The third-order valence-corrected chi connectivity index (χ3v) is 6.02. The first kappa shape index (κ1) is 12.9. The van der Waals surface area contributed by atoms with Crippen LogP contribution in [0.4, 0.5) is 11.4 Å². The first-order valence-electron chi connectivity index (χ1n) is 8.03. The van der Waals surface area contributed by atoms with Crippen molar-refractivity contribution in [2.24, 2.45) is 0 Å². The second kappa shape index (κ2) is 4.13. The van der Waals surface area contributed by atoms with Crippen molar-refractivity contribution in [1.82, 2.24) is 0 Å². The molecule has 0 spiro atoms. The van der Waals surface area contributed by atoms with Gasteiger partial charge in [-0.25, -0.2) is 0 Å². The summed E-state index contributed by atoms with van der Waals surface area (Å²) in [5.74, 6) is 0. The monoisotopic (exact) mass is 277 g/mol. The SMILES string of the molecule is Cc1ccc2c(c1)C1(C)CCCC1(C)N2c1ccccc1. The maximum atomic E-state index is 2.61. The molecule has 2 atom stereocenters. The maximum Gasteiger partial charge on any atom is 0.0517 e. The van der Waals surface area contributed by atoms with E-state index < -0.39 is 0 Å². The molecular weight excluding hydrogens is 254 g/mol. The van der Waals surface area contributed by atoms with Crippen molar-refractivity contribution >= 4 is 11.4 Å². The van der Waals surface area contributed by atoms with Crippen molar-refractivity contribution in [1.29, 1.82) is 0 Å². The molecule has 0 radical (unpaired) electrons. The van der Waals surface area contributed by atoms with E-state index in [0.29, 0.717) is 0 Å². The number of para-hydroxylation sites is 1. The highest BCUT2D eigenvalue weighted by Gasteiger charge is 2.59. The van der Waals surface area contributed by atoms with Gasteiger partial charge in [-0.2, -0.15) is 0 Å². The van der Waals surface area contributed by atoms with E-state index in [4.69, 9.17) is 0 Å². The van der Waals surface area contributed by atoms with E-state index in [1.165, 1.54) is 36.2 Å². The van der Waals surface area contributed by atoms with Crippen molar-refractivity contribution in [3.63, 3.8) is 0 Å². The van der Waals surface area contributed by atoms with Gasteiger partial charge >= 0.3 is 0 Å². The van der Waals surface area contributed by atoms with Crippen LogP contribution in [0.25, 0.3) is 0 Å². The van der Waals surface area contributed by atoms with E-state index in [9.17, 15) is 0 Å². The van der Waals surface area contributed by atoms with Crippen LogP contribution in [-0.4, -0.2) is 5.54 Å². The molecule has 4 rings (SSSR count). The summed E-state index contributed by atoms with van der Waals surface area (Å²) in [5.41, 5.74) is 6.13. The molecule has 1 aliphatic heterocycles. The van der Waals surface area contributed by atoms with Gasteiger partial charge in [0, 0.05) is 16.8 Å². The second-order valence-corrected chi connectivity index (χ2v) is 7.15. The molecule has 0 saturated heterocycles. The van der Waals surface area contributed by atoms with E-state index in [1.807, 2.05) is 0 Å². The Morgan fingerprint density at radius 3 is 2.48 bits per heavy atom. The zero-order chi connectivity index (χ0) is 14.7. The van der Waals surface area contributed by atoms with Crippen LogP contribution in [0.2, 0.25) is 0 Å². The molecule has 2 aromatic carbocycles. The molecule has 2 aliphatic rings. The summed E-state index contributed by atoms with van der Waals surface area (Å²) in [6, 6.07) is 17.9. The minimum atomic E-state index is 0.199. The van der Waals surface area contributed by atoms with Gasteiger partial charge in [-0.05, 0) is 50.5 Å². The summed E-state index contributed by atoms with van der Waals surface area (Å²) in [7, 11) is 0. The van der Waals surface area contributed by atoms with Crippen molar-refractivity contribution in [3.8, 4) is 0 Å². The first-order chi connectivity index (χ1) is 10.1. The van der Waals surface area contributed by atoms with E-state index in [2.05, 4.69) is 74.2 Å². The van der Waals surface area contributed by atoms with Crippen LogP contribution in [-0.2, 0) is 5.41 Å². The van der Waals surface area contributed by atoms with Crippen LogP contribution in [0.3, 0.4) is 0 Å². The van der Waals surface area contributed by atoms with Gasteiger partial charge in [-0.1, -0.05) is 49.2 Å². The number of benzene rings is 2. The molecule has 21 heavy (non-hydrogen) atoms. The third kappa shape index (κ3) is 1.52. The number of rotatable bonds is 1. The molecule has 1 heterocycles. The molecule has 1 saturated carbocycles. The number of hydrogen-bond donors (Lipinski definition) is 0. The average molecular weight is 277 g/mol. The Balaban J connectivity index is 1.99. The second-order valence-electron chi connectivity index (χ2n) is 7.15. The number of fused-ring (bicyclic) bond motifs is 3. The lowest BCUT2D eigenvalue weighted by molar-refractivity contribution is 0.330. The topological polar surface area (TPSA) is 3.24 Å². The first-order valence-corrected chi connectivity index (χ1v) is 8.03. The van der Waals surface area contributed by atoms with Gasteiger partial charge in [0.05, 0.1) is 5.54 Å². The summed E-state index contributed by atoms with van der Waals surface area (Å²) < 4.78 is 0. The Kier molecular flexibility index (Phi) is 2.54. The predicted octanol–water partition coefficient (Wildman–Crippen LogP) is 5.35. The van der Waals surface area contributed by atoms with E-state index in [0.717, 1.165) is 0 Å². The molecule has 0 aromatic heterocycles. The van der Waals surface area contributed by atoms with E-state index in [-0.39, 0.29) is 11.0 Å². The molecule has 0 amide bonds. The van der Waals surface area contributed by atoms with Crippen molar-refractivity contribution < 1.29 is 0 Å². The summed E-state index contributed by atoms with van der Waals surface area (Å²) in [6.07, 6.45) is 3.89. The molecule has 1 aliphatic carbocycles.